The smallest absolute Gasteiger partial charge is 0.269 e. The molecular formula is C27H18ClN3O5. The van der Waals surface area contributed by atoms with E-state index in [9.17, 15) is 19.7 Å². The molecule has 0 saturated carbocycles. The van der Waals surface area contributed by atoms with E-state index in [0.717, 1.165) is 15.7 Å². The highest BCUT2D eigenvalue weighted by molar-refractivity contribution is 6.32. The second-order valence-corrected chi connectivity index (χ2v) is 9.04. The van der Waals surface area contributed by atoms with Crippen molar-refractivity contribution < 1.29 is 19.3 Å². The first-order chi connectivity index (χ1) is 17.5. The minimum atomic E-state index is -1.11. The van der Waals surface area contributed by atoms with Crippen molar-refractivity contribution in [3.05, 3.63) is 112 Å². The van der Waals surface area contributed by atoms with Crippen LogP contribution in [0.25, 0.3) is 10.8 Å². The number of rotatable bonds is 4. The number of nitrogens with zero attached hydrogens (tertiary/aromatic N) is 3. The van der Waals surface area contributed by atoms with Gasteiger partial charge in [-0.05, 0) is 29.7 Å². The maximum Gasteiger partial charge on any atom is 0.269 e. The molecule has 4 aromatic carbocycles. The van der Waals surface area contributed by atoms with Crippen LogP contribution < -0.4 is 9.96 Å². The molecule has 36 heavy (non-hydrogen) atoms. The summed E-state index contributed by atoms with van der Waals surface area (Å²) in [5.74, 6) is -1.91. The number of para-hydroxylation sites is 1. The number of fused-ring (bicyclic) bond motifs is 2. The lowest BCUT2D eigenvalue weighted by atomic mass is 9.90. The van der Waals surface area contributed by atoms with E-state index in [2.05, 4.69) is 0 Å². The fraction of sp³-hybridized carbons (Fsp3) is 0.111. The van der Waals surface area contributed by atoms with Crippen molar-refractivity contribution in [2.75, 3.05) is 9.96 Å². The first-order valence-electron chi connectivity index (χ1n) is 11.3. The molecule has 0 radical (unpaired) electrons. The van der Waals surface area contributed by atoms with Crippen LogP contribution in [0.1, 0.15) is 11.6 Å². The Morgan fingerprint density at radius 1 is 0.861 bits per heavy atom. The summed E-state index contributed by atoms with van der Waals surface area (Å²) in [4.78, 5) is 45.9. The van der Waals surface area contributed by atoms with Gasteiger partial charge < -0.3 is 0 Å². The number of hydroxylamine groups is 1. The Kier molecular flexibility index (Phi) is 5.21. The van der Waals surface area contributed by atoms with Crippen molar-refractivity contribution in [3.63, 3.8) is 0 Å². The van der Waals surface area contributed by atoms with E-state index in [0.29, 0.717) is 16.9 Å². The second-order valence-electron chi connectivity index (χ2n) is 8.63. The van der Waals surface area contributed by atoms with Crippen molar-refractivity contribution in [2.45, 2.75) is 12.1 Å². The third kappa shape index (κ3) is 3.34. The molecule has 4 aromatic rings. The zero-order valence-electron chi connectivity index (χ0n) is 18.7. The molecule has 2 heterocycles. The number of halogens is 1. The van der Waals surface area contributed by atoms with Crippen molar-refractivity contribution >= 4 is 51.2 Å². The van der Waals surface area contributed by atoms with Gasteiger partial charge in [-0.2, -0.15) is 0 Å². The van der Waals surface area contributed by atoms with E-state index in [4.69, 9.17) is 16.4 Å². The Hall–Kier alpha value is -4.27. The number of non-ortho nitro benzene ring substituents is 1. The van der Waals surface area contributed by atoms with E-state index in [-0.39, 0.29) is 10.7 Å². The Labute approximate surface area is 210 Å². The summed E-state index contributed by atoms with van der Waals surface area (Å²) in [6.45, 7) is 0. The summed E-state index contributed by atoms with van der Waals surface area (Å²) in [6, 6.07) is 25.1. The normalized spacial score (nSPS) is 21.3. The molecule has 6 rings (SSSR count). The number of amides is 2. The predicted molar refractivity (Wildman–Crippen MR) is 135 cm³/mol. The molecule has 0 spiro atoms. The number of carbonyl (C=O) groups is 2. The monoisotopic (exact) mass is 499 g/mol. The van der Waals surface area contributed by atoms with Crippen LogP contribution >= 0.6 is 11.6 Å². The van der Waals surface area contributed by atoms with Crippen LogP contribution in [0.2, 0.25) is 5.02 Å². The molecule has 2 aliphatic heterocycles. The van der Waals surface area contributed by atoms with Crippen molar-refractivity contribution in [2.24, 2.45) is 5.92 Å². The van der Waals surface area contributed by atoms with Gasteiger partial charge in [0.25, 0.3) is 11.6 Å². The number of nitro benzene ring substituents is 1. The van der Waals surface area contributed by atoms with Crippen LogP contribution in [0, 0.1) is 16.0 Å². The largest absolute Gasteiger partial charge is 0.273 e. The molecular weight excluding hydrogens is 482 g/mol. The second kappa shape index (κ2) is 8.44. The van der Waals surface area contributed by atoms with Gasteiger partial charge in [-0.1, -0.05) is 66.2 Å². The van der Waals surface area contributed by atoms with E-state index in [1.807, 2.05) is 36.4 Å². The fourth-order valence-electron chi connectivity index (χ4n) is 5.04. The summed E-state index contributed by atoms with van der Waals surface area (Å²) >= 11 is 6.53. The molecule has 0 unspecified atom stereocenters. The number of hydrogen-bond donors (Lipinski definition) is 0. The lowest BCUT2D eigenvalue weighted by Gasteiger charge is -2.29. The van der Waals surface area contributed by atoms with Gasteiger partial charge in [-0.25, -0.2) is 9.96 Å². The lowest BCUT2D eigenvalue weighted by Crippen LogP contribution is -2.37. The molecule has 0 N–H and O–H groups in total. The molecule has 0 bridgehead atoms. The number of imide groups is 1. The van der Waals surface area contributed by atoms with Gasteiger partial charge in [0.1, 0.15) is 5.92 Å². The van der Waals surface area contributed by atoms with Gasteiger partial charge in [0, 0.05) is 28.1 Å². The van der Waals surface area contributed by atoms with Gasteiger partial charge in [-0.15, -0.1) is 0 Å². The minimum Gasteiger partial charge on any atom is -0.273 e. The summed E-state index contributed by atoms with van der Waals surface area (Å²) in [6.07, 6.45) is -1.11. The zero-order chi connectivity index (χ0) is 25.0. The third-order valence-corrected chi connectivity index (χ3v) is 6.99. The van der Waals surface area contributed by atoms with Crippen LogP contribution in [0.15, 0.2) is 91.0 Å². The van der Waals surface area contributed by atoms with E-state index >= 15 is 0 Å². The molecule has 2 aliphatic rings. The Morgan fingerprint density at radius 2 is 1.58 bits per heavy atom. The van der Waals surface area contributed by atoms with Gasteiger partial charge in [0.2, 0.25) is 5.91 Å². The van der Waals surface area contributed by atoms with E-state index in [1.54, 1.807) is 36.4 Å². The molecule has 178 valence electrons. The molecule has 0 aliphatic carbocycles. The Bertz CT molecular complexity index is 1540. The number of carbonyl (C=O) groups excluding carboxylic acids is 2. The standard InChI is InChI=1S/C27H18ClN3O5/c28-21-14-13-18(31(34)35)15-20(21)24-23-25(36-30(24)17-9-2-1-3-10-17)27(33)29(26(23)32)22-12-6-8-16-7-4-5-11-19(16)22/h1-15,23-25H/t23-,24+,25+/m1/s1. The summed E-state index contributed by atoms with van der Waals surface area (Å²) in [5.41, 5.74) is 1.23. The highest BCUT2D eigenvalue weighted by atomic mass is 35.5. The minimum absolute atomic E-state index is 0.173. The van der Waals surface area contributed by atoms with Crippen molar-refractivity contribution in [1.29, 1.82) is 0 Å². The quantitative estimate of drug-likeness (QED) is 0.210. The first-order valence-corrected chi connectivity index (χ1v) is 11.6. The molecule has 9 heteroatoms. The summed E-state index contributed by atoms with van der Waals surface area (Å²) < 4.78 is 0. The first kappa shape index (κ1) is 22.2. The van der Waals surface area contributed by atoms with E-state index < -0.39 is 34.8 Å². The fourth-order valence-corrected chi connectivity index (χ4v) is 5.27. The van der Waals surface area contributed by atoms with E-state index in [1.165, 1.54) is 23.3 Å². The molecule has 2 saturated heterocycles. The maximum atomic E-state index is 14.0. The highest BCUT2D eigenvalue weighted by Crippen LogP contribution is 2.50. The van der Waals surface area contributed by atoms with Crippen LogP contribution in [0.5, 0.6) is 0 Å². The van der Waals surface area contributed by atoms with Gasteiger partial charge >= 0.3 is 0 Å². The Morgan fingerprint density at radius 3 is 2.36 bits per heavy atom. The third-order valence-electron chi connectivity index (χ3n) is 6.64. The van der Waals surface area contributed by atoms with Crippen LogP contribution in [-0.2, 0) is 14.4 Å². The predicted octanol–water partition coefficient (Wildman–Crippen LogP) is 5.45. The molecule has 0 aromatic heterocycles. The van der Waals surface area contributed by atoms with Gasteiger partial charge in [0.15, 0.2) is 6.10 Å². The van der Waals surface area contributed by atoms with Crippen molar-refractivity contribution in [3.8, 4) is 0 Å². The zero-order valence-corrected chi connectivity index (χ0v) is 19.4. The van der Waals surface area contributed by atoms with Crippen molar-refractivity contribution in [1.82, 2.24) is 0 Å². The maximum absolute atomic E-state index is 14.0. The molecule has 2 amide bonds. The number of hydrogen-bond acceptors (Lipinski definition) is 6. The number of anilines is 2. The summed E-state index contributed by atoms with van der Waals surface area (Å²) in [5, 5.41) is 14.9. The lowest BCUT2D eigenvalue weighted by molar-refractivity contribution is -0.384. The average molecular weight is 500 g/mol. The SMILES string of the molecule is O=C1[C@H]2[C@H](ON(c3ccccc3)[C@H]2c2cc([N+](=O)[O-])ccc2Cl)C(=O)N1c1cccc2ccccc12. The summed E-state index contributed by atoms with van der Waals surface area (Å²) in [7, 11) is 0. The number of benzene rings is 4. The van der Waals surface area contributed by atoms with Crippen LogP contribution in [0.4, 0.5) is 17.1 Å². The topological polar surface area (TPSA) is 93.0 Å². The molecule has 3 atom stereocenters. The van der Waals surface area contributed by atoms with Crippen LogP contribution in [0.3, 0.4) is 0 Å². The van der Waals surface area contributed by atoms with Gasteiger partial charge in [-0.3, -0.25) is 24.5 Å². The van der Waals surface area contributed by atoms with Gasteiger partial charge in [0.05, 0.1) is 22.3 Å². The Balaban J connectivity index is 1.50. The number of nitro groups is 1. The van der Waals surface area contributed by atoms with Crippen LogP contribution in [-0.4, -0.2) is 22.8 Å². The highest BCUT2D eigenvalue weighted by Gasteiger charge is 2.61. The average Bonchev–Trinajstić information content (AvgIpc) is 3.40. The molecule has 8 nitrogen and oxygen atoms in total. The molecule has 2 fully saturated rings.